The molecule has 3 heterocycles. The second-order valence-corrected chi connectivity index (χ2v) is 7.22. The molecule has 1 amide bonds. The van der Waals surface area contributed by atoms with Gasteiger partial charge in [0, 0.05) is 30.8 Å². The van der Waals surface area contributed by atoms with Gasteiger partial charge in [0.25, 0.3) is 5.91 Å². The van der Waals surface area contributed by atoms with Gasteiger partial charge < -0.3 is 10.2 Å². The molecule has 1 aromatic heterocycles. The van der Waals surface area contributed by atoms with Crippen LogP contribution in [0.4, 0.5) is 17.6 Å². The third kappa shape index (κ3) is 3.39. The van der Waals surface area contributed by atoms with E-state index in [1.54, 1.807) is 4.90 Å². The van der Waals surface area contributed by atoms with E-state index in [4.69, 9.17) is 0 Å². The summed E-state index contributed by atoms with van der Waals surface area (Å²) in [4.78, 5) is 14.4. The number of carbonyl (C=O) groups excluding carboxylic acids is 1. The lowest BCUT2D eigenvalue weighted by Gasteiger charge is -2.33. The van der Waals surface area contributed by atoms with Gasteiger partial charge in [0.05, 0.1) is 11.3 Å². The number of nitrogens with zero attached hydrogens (tertiary/aromatic N) is 2. The zero-order valence-electron chi connectivity index (χ0n) is 15.1. The van der Waals surface area contributed by atoms with E-state index in [2.05, 4.69) is 15.5 Å². The van der Waals surface area contributed by atoms with E-state index in [0.29, 0.717) is 18.7 Å². The van der Waals surface area contributed by atoms with E-state index < -0.39 is 23.5 Å². The maximum atomic E-state index is 14.2. The van der Waals surface area contributed by atoms with Crippen LogP contribution in [0, 0.1) is 5.82 Å². The van der Waals surface area contributed by atoms with Crippen LogP contribution in [-0.4, -0.2) is 40.6 Å². The maximum Gasteiger partial charge on any atom is 0.416 e. The standard InChI is InChI=1S/C19H20F4N4O/c20-14-3-1-2-13(19(21,22)23)16(14)11-5-8-27(9-6-11)18(28)17-12-4-7-24-10-15(12)25-26-17/h1-3,11,24H,4-10H2,(H,25,26). The smallest absolute Gasteiger partial charge is 0.337 e. The van der Waals surface area contributed by atoms with Gasteiger partial charge in [0.15, 0.2) is 5.69 Å². The fourth-order valence-electron chi connectivity index (χ4n) is 4.14. The number of aromatic amines is 1. The van der Waals surface area contributed by atoms with Crippen LogP contribution in [0.5, 0.6) is 0 Å². The summed E-state index contributed by atoms with van der Waals surface area (Å²) in [6.45, 7) is 1.94. The molecule has 2 N–H and O–H groups in total. The monoisotopic (exact) mass is 396 g/mol. The van der Waals surface area contributed by atoms with Gasteiger partial charge >= 0.3 is 6.18 Å². The van der Waals surface area contributed by atoms with Crippen LogP contribution in [0.2, 0.25) is 0 Å². The molecule has 0 bridgehead atoms. The van der Waals surface area contributed by atoms with Gasteiger partial charge in [-0.2, -0.15) is 18.3 Å². The predicted molar refractivity (Wildman–Crippen MR) is 93.3 cm³/mol. The number of hydrogen-bond donors (Lipinski definition) is 2. The fourth-order valence-corrected chi connectivity index (χ4v) is 4.14. The highest BCUT2D eigenvalue weighted by atomic mass is 19.4. The Labute approximate surface area is 159 Å². The maximum absolute atomic E-state index is 14.2. The lowest BCUT2D eigenvalue weighted by molar-refractivity contribution is -0.138. The first-order chi connectivity index (χ1) is 13.4. The first kappa shape index (κ1) is 18.9. The van der Waals surface area contributed by atoms with Crippen molar-refractivity contribution in [1.29, 1.82) is 0 Å². The zero-order valence-corrected chi connectivity index (χ0v) is 15.1. The lowest BCUT2D eigenvalue weighted by atomic mass is 9.85. The Hall–Kier alpha value is -2.42. The van der Waals surface area contributed by atoms with Gasteiger partial charge in [-0.25, -0.2) is 4.39 Å². The fraction of sp³-hybridized carbons (Fsp3) is 0.474. The molecule has 1 saturated heterocycles. The molecule has 0 unspecified atom stereocenters. The molecule has 2 aliphatic rings. The molecule has 0 saturated carbocycles. The molecule has 2 aliphatic heterocycles. The van der Waals surface area contributed by atoms with Crippen LogP contribution in [0.25, 0.3) is 0 Å². The van der Waals surface area contributed by atoms with Gasteiger partial charge in [-0.3, -0.25) is 9.89 Å². The van der Waals surface area contributed by atoms with Crippen LogP contribution in [0.1, 0.15) is 51.6 Å². The highest BCUT2D eigenvalue weighted by molar-refractivity contribution is 5.94. The van der Waals surface area contributed by atoms with E-state index in [1.165, 1.54) is 0 Å². The van der Waals surface area contributed by atoms with E-state index in [0.717, 1.165) is 36.0 Å². The van der Waals surface area contributed by atoms with Crippen LogP contribution in [0.3, 0.4) is 0 Å². The van der Waals surface area contributed by atoms with Crippen molar-refractivity contribution >= 4 is 5.91 Å². The van der Waals surface area contributed by atoms with E-state index in [-0.39, 0.29) is 37.4 Å². The summed E-state index contributed by atoms with van der Waals surface area (Å²) < 4.78 is 54.1. The van der Waals surface area contributed by atoms with Crippen molar-refractivity contribution < 1.29 is 22.4 Å². The number of hydrogen-bond acceptors (Lipinski definition) is 3. The van der Waals surface area contributed by atoms with E-state index in [1.807, 2.05) is 0 Å². The normalized spacial score (nSPS) is 18.2. The topological polar surface area (TPSA) is 61.0 Å². The number of alkyl halides is 3. The van der Waals surface area contributed by atoms with Crippen molar-refractivity contribution in [2.45, 2.75) is 37.9 Å². The second-order valence-electron chi connectivity index (χ2n) is 7.22. The van der Waals surface area contributed by atoms with E-state index >= 15 is 0 Å². The number of amides is 1. The summed E-state index contributed by atoms with van der Waals surface area (Å²) >= 11 is 0. The quantitative estimate of drug-likeness (QED) is 0.767. The third-order valence-corrected chi connectivity index (χ3v) is 5.56. The first-order valence-electron chi connectivity index (χ1n) is 9.28. The molecule has 4 rings (SSSR count). The number of rotatable bonds is 2. The Balaban J connectivity index is 1.50. The van der Waals surface area contributed by atoms with Gasteiger partial charge in [-0.1, -0.05) is 6.07 Å². The van der Waals surface area contributed by atoms with Crippen molar-refractivity contribution in [3.8, 4) is 0 Å². The zero-order chi connectivity index (χ0) is 19.9. The number of piperidine rings is 1. The Morgan fingerprint density at radius 3 is 2.68 bits per heavy atom. The molecule has 28 heavy (non-hydrogen) atoms. The lowest BCUT2D eigenvalue weighted by Crippen LogP contribution is -2.39. The Morgan fingerprint density at radius 2 is 1.96 bits per heavy atom. The summed E-state index contributed by atoms with van der Waals surface area (Å²) in [5.74, 6) is -1.63. The van der Waals surface area contributed by atoms with Gasteiger partial charge in [0.1, 0.15) is 5.82 Å². The number of fused-ring (bicyclic) bond motifs is 1. The van der Waals surface area contributed by atoms with Crippen LogP contribution < -0.4 is 5.32 Å². The Kier molecular flexibility index (Phi) is 4.86. The number of benzene rings is 1. The minimum atomic E-state index is -4.60. The van der Waals surface area contributed by atoms with Crippen LogP contribution in [0.15, 0.2) is 18.2 Å². The molecule has 5 nitrogen and oxygen atoms in total. The number of H-pyrrole nitrogens is 1. The number of carbonyl (C=O) groups is 1. The largest absolute Gasteiger partial charge is 0.416 e. The first-order valence-corrected chi connectivity index (χ1v) is 9.28. The van der Waals surface area contributed by atoms with Crippen LogP contribution in [-0.2, 0) is 19.1 Å². The highest BCUT2D eigenvalue weighted by Gasteiger charge is 2.38. The van der Waals surface area contributed by atoms with Crippen molar-refractivity contribution in [2.24, 2.45) is 0 Å². The van der Waals surface area contributed by atoms with Gasteiger partial charge in [-0.15, -0.1) is 0 Å². The van der Waals surface area contributed by atoms with E-state index in [9.17, 15) is 22.4 Å². The Bertz CT molecular complexity index is 885. The number of nitrogens with one attached hydrogen (secondary N) is 2. The summed E-state index contributed by atoms with van der Waals surface area (Å²) in [5.41, 5.74) is 0.971. The average molecular weight is 396 g/mol. The Morgan fingerprint density at radius 1 is 1.21 bits per heavy atom. The van der Waals surface area contributed by atoms with Crippen molar-refractivity contribution in [2.75, 3.05) is 19.6 Å². The highest BCUT2D eigenvalue weighted by Crippen LogP contribution is 2.40. The van der Waals surface area contributed by atoms with Crippen molar-refractivity contribution in [1.82, 2.24) is 20.4 Å². The molecule has 1 aromatic carbocycles. The van der Waals surface area contributed by atoms with Crippen molar-refractivity contribution in [3.05, 3.63) is 52.1 Å². The molecular formula is C19H20F4N4O. The second kappa shape index (κ2) is 7.20. The molecule has 9 heteroatoms. The SMILES string of the molecule is O=C(c1n[nH]c2c1CCNC2)N1CCC(c2c(F)cccc2C(F)(F)F)CC1. The molecular weight excluding hydrogens is 376 g/mol. The minimum Gasteiger partial charge on any atom is -0.337 e. The van der Waals surface area contributed by atoms with Gasteiger partial charge in [-0.05, 0) is 43.9 Å². The predicted octanol–water partition coefficient (Wildman–Crippen LogP) is 3.23. The molecule has 0 aliphatic carbocycles. The molecule has 0 radical (unpaired) electrons. The number of aromatic nitrogens is 2. The molecule has 1 fully saturated rings. The molecule has 0 atom stereocenters. The number of likely N-dealkylation sites (tertiary alicyclic amines) is 1. The summed E-state index contributed by atoms with van der Waals surface area (Å²) in [5, 5.41) is 10.2. The molecule has 0 spiro atoms. The third-order valence-electron chi connectivity index (χ3n) is 5.56. The van der Waals surface area contributed by atoms with Crippen LogP contribution >= 0.6 is 0 Å². The number of halogens is 4. The molecule has 2 aromatic rings. The van der Waals surface area contributed by atoms with Gasteiger partial charge in [0.2, 0.25) is 0 Å². The average Bonchev–Trinajstić information content (AvgIpc) is 3.11. The molecule has 150 valence electrons. The summed E-state index contributed by atoms with van der Waals surface area (Å²) in [6, 6.07) is 3.06. The minimum absolute atomic E-state index is 0.220. The van der Waals surface area contributed by atoms with Crippen molar-refractivity contribution in [3.63, 3.8) is 0 Å². The summed E-state index contributed by atoms with van der Waals surface area (Å²) in [6.07, 6.45) is -3.34. The summed E-state index contributed by atoms with van der Waals surface area (Å²) in [7, 11) is 0.